The van der Waals surface area contributed by atoms with Crippen LogP contribution in [0.1, 0.15) is 54.4 Å². The number of sulfone groups is 1. The average Bonchev–Trinajstić information content (AvgIpc) is 3.21. The smallest absolute Gasteiger partial charge is 0.200 e. The lowest BCUT2D eigenvalue weighted by Crippen LogP contribution is -2.64. The third kappa shape index (κ3) is 2.80. The van der Waals surface area contributed by atoms with Crippen molar-refractivity contribution in [1.29, 1.82) is 0 Å². The minimum absolute atomic E-state index is 0.190. The number of aliphatic hydroxyl groups excluding tert-OH is 1. The zero-order valence-electron chi connectivity index (χ0n) is 16.0. The Hall–Kier alpha value is 0.0469. The van der Waals surface area contributed by atoms with Crippen molar-refractivity contribution < 1.29 is 22.7 Å². The van der Waals surface area contributed by atoms with Crippen molar-refractivity contribution in [2.24, 2.45) is 0 Å². The Morgan fingerprint density at radius 2 is 1.46 bits per heavy atom. The molecular formula is C17H34O5SSi. The maximum absolute atomic E-state index is 13.2. The van der Waals surface area contributed by atoms with Crippen LogP contribution >= 0.6 is 0 Å². The Bertz CT molecular complexity index is 526. The standard InChI is InChI=1S/C17H34O5SSi/c1-13(2)24(14(3)4,15(5)6)22-12-17(10-21-11-17)23(19,20)16(9-18)7-8-16/h13-15,18H,7-12H2,1-6H3. The summed E-state index contributed by atoms with van der Waals surface area (Å²) in [7, 11) is -5.61. The molecule has 0 aromatic rings. The molecule has 5 nitrogen and oxygen atoms in total. The molecule has 1 saturated carbocycles. The number of aliphatic hydroxyl groups is 1. The van der Waals surface area contributed by atoms with Gasteiger partial charge in [0.2, 0.25) is 0 Å². The molecular weight excluding hydrogens is 344 g/mol. The molecule has 0 atom stereocenters. The van der Waals surface area contributed by atoms with Gasteiger partial charge in [-0.2, -0.15) is 0 Å². The van der Waals surface area contributed by atoms with Crippen LogP contribution in [0.15, 0.2) is 0 Å². The topological polar surface area (TPSA) is 72.8 Å². The van der Waals surface area contributed by atoms with Gasteiger partial charge in [-0.05, 0) is 29.5 Å². The molecule has 2 fully saturated rings. The molecule has 0 amide bonds. The van der Waals surface area contributed by atoms with Gasteiger partial charge in [0.1, 0.15) is 4.75 Å². The van der Waals surface area contributed by atoms with E-state index in [0.29, 0.717) is 29.5 Å². The van der Waals surface area contributed by atoms with Gasteiger partial charge in [-0.1, -0.05) is 41.5 Å². The monoisotopic (exact) mass is 378 g/mol. The zero-order valence-corrected chi connectivity index (χ0v) is 17.8. The molecule has 0 aromatic carbocycles. The molecule has 0 bridgehead atoms. The van der Waals surface area contributed by atoms with E-state index >= 15 is 0 Å². The van der Waals surface area contributed by atoms with Crippen LogP contribution in [0.2, 0.25) is 16.6 Å². The summed E-state index contributed by atoms with van der Waals surface area (Å²) in [5.41, 5.74) is 1.22. The normalized spacial score (nSPS) is 22.9. The molecule has 2 aliphatic rings. The van der Waals surface area contributed by atoms with E-state index in [0.717, 1.165) is 0 Å². The molecule has 0 radical (unpaired) electrons. The fourth-order valence-electron chi connectivity index (χ4n) is 4.51. The molecule has 1 heterocycles. The largest absolute Gasteiger partial charge is 0.414 e. The Balaban J connectivity index is 2.27. The SMILES string of the molecule is CC(C)[Si](OCC1(S(=O)(=O)C2(CO)CC2)COC1)(C(C)C)C(C)C. The molecule has 7 heteroatoms. The van der Waals surface area contributed by atoms with Crippen LogP contribution in [0, 0.1) is 0 Å². The molecule has 1 saturated heterocycles. The molecule has 1 aliphatic heterocycles. The van der Waals surface area contributed by atoms with E-state index in [9.17, 15) is 13.5 Å². The van der Waals surface area contributed by atoms with Crippen LogP contribution in [0.4, 0.5) is 0 Å². The Morgan fingerprint density at radius 1 is 1.00 bits per heavy atom. The van der Waals surface area contributed by atoms with Gasteiger partial charge < -0.3 is 14.3 Å². The highest BCUT2D eigenvalue weighted by Gasteiger charge is 2.65. The molecule has 0 spiro atoms. The van der Waals surface area contributed by atoms with Gasteiger partial charge in [0.05, 0.1) is 31.2 Å². The molecule has 142 valence electrons. The first-order valence-electron chi connectivity index (χ1n) is 9.08. The third-order valence-corrected chi connectivity index (χ3v) is 15.5. The first-order valence-corrected chi connectivity index (χ1v) is 12.7. The lowest BCUT2D eigenvalue weighted by Gasteiger charge is -2.48. The molecule has 0 unspecified atom stereocenters. The summed E-state index contributed by atoms with van der Waals surface area (Å²) in [4.78, 5) is 0. The molecule has 24 heavy (non-hydrogen) atoms. The number of hydrogen-bond acceptors (Lipinski definition) is 5. The second kappa shape index (κ2) is 6.65. The van der Waals surface area contributed by atoms with E-state index in [2.05, 4.69) is 41.5 Å². The van der Waals surface area contributed by atoms with E-state index in [-0.39, 0.29) is 26.4 Å². The summed E-state index contributed by atoms with van der Waals surface area (Å²) >= 11 is 0. The predicted molar refractivity (Wildman–Crippen MR) is 98.5 cm³/mol. The van der Waals surface area contributed by atoms with Crippen molar-refractivity contribution in [3.05, 3.63) is 0 Å². The van der Waals surface area contributed by atoms with E-state index < -0.39 is 27.6 Å². The fourth-order valence-corrected chi connectivity index (χ4v) is 12.6. The van der Waals surface area contributed by atoms with Gasteiger partial charge in [0.25, 0.3) is 0 Å². The van der Waals surface area contributed by atoms with Crippen LogP contribution in [0.3, 0.4) is 0 Å². The number of rotatable bonds is 9. The van der Waals surface area contributed by atoms with Gasteiger partial charge in [-0.3, -0.25) is 0 Å². The van der Waals surface area contributed by atoms with Gasteiger partial charge in [0.15, 0.2) is 18.2 Å². The summed E-state index contributed by atoms with van der Waals surface area (Å²) < 4.78 is 36.3. The van der Waals surface area contributed by atoms with Crippen LogP contribution in [0.25, 0.3) is 0 Å². The van der Waals surface area contributed by atoms with Gasteiger partial charge in [-0.15, -0.1) is 0 Å². The maximum Gasteiger partial charge on any atom is 0.200 e. The summed E-state index contributed by atoms with van der Waals surface area (Å²) in [6.07, 6.45) is 1.10. The Kier molecular flexibility index (Phi) is 5.64. The lowest BCUT2D eigenvalue weighted by atomic mass is 10.1. The highest BCUT2D eigenvalue weighted by molar-refractivity contribution is 7.94. The molecule has 2 rings (SSSR count). The molecule has 1 N–H and O–H groups in total. The zero-order chi connectivity index (χ0) is 18.4. The van der Waals surface area contributed by atoms with Gasteiger partial charge >= 0.3 is 0 Å². The van der Waals surface area contributed by atoms with E-state index in [1.165, 1.54) is 0 Å². The Morgan fingerprint density at radius 3 is 1.71 bits per heavy atom. The van der Waals surface area contributed by atoms with Crippen LogP contribution in [-0.2, 0) is 19.0 Å². The summed E-state index contributed by atoms with van der Waals surface area (Å²) in [5.74, 6) is 0. The van der Waals surface area contributed by atoms with E-state index in [1.54, 1.807) is 0 Å². The predicted octanol–water partition coefficient (Wildman–Crippen LogP) is 2.89. The Labute approximate surface area is 148 Å². The van der Waals surface area contributed by atoms with Crippen LogP contribution in [0.5, 0.6) is 0 Å². The third-order valence-electron chi connectivity index (χ3n) is 6.26. The van der Waals surface area contributed by atoms with Crippen molar-refractivity contribution in [2.45, 2.75) is 80.5 Å². The highest BCUT2D eigenvalue weighted by atomic mass is 32.2. The number of hydrogen-bond donors (Lipinski definition) is 1. The lowest BCUT2D eigenvalue weighted by molar-refractivity contribution is -0.0358. The van der Waals surface area contributed by atoms with Crippen molar-refractivity contribution in [3.8, 4) is 0 Å². The van der Waals surface area contributed by atoms with Crippen molar-refractivity contribution in [3.63, 3.8) is 0 Å². The summed E-state index contributed by atoms with van der Waals surface area (Å²) in [6.45, 7) is 13.5. The summed E-state index contributed by atoms with van der Waals surface area (Å²) in [5, 5.41) is 9.62. The fraction of sp³-hybridized carbons (Fsp3) is 1.00. The van der Waals surface area contributed by atoms with Gasteiger partial charge in [0, 0.05) is 0 Å². The molecule has 1 aliphatic carbocycles. The number of ether oxygens (including phenoxy) is 1. The average molecular weight is 379 g/mol. The minimum atomic E-state index is -3.48. The highest BCUT2D eigenvalue weighted by Crippen LogP contribution is 2.51. The van der Waals surface area contributed by atoms with E-state index in [4.69, 9.17) is 9.16 Å². The second-order valence-corrected chi connectivity index (χ2v) is 16.8. The minimum Gasteiger partial charge on any atom is -0.414 e. The van der Waals surface area contributed by atoms with E-state index in [1.807, 2.05) is 0 Å². The first-order chi connectivity index (χ1) is 11.0. The maximum atomic E-state index is 13.2. The van der Waals surface area contributed by atoms with Crippen molar-refractivity contribution in [1.82, 2.24) is 0 Å². The van der Waals surface area contributed by atoms with Gasteiger partial charge in [-0.25, -0.2) is 8.42 Å². The second-order valence-electron chi connectivity index (χ2n) is 8.63. The quantitative estimate of drug-likeness (QED) is 0.625. The van der Waals surface area contributed by atoms with Crippen molar-refractivity contribution in [2.75, 3.05) is 26.4 Å². The first kappa shape index (κ1) is 20.4. The van der Waals surface area contributed by atoms with Crippen molar-refractivity contribution >= 4 is 18.2 Å². The molecule has 0 aromatic heterocycles. The van der Waals surface area contributed by atoms with Crippen LogP contribution < -0.4 is 0 Å². The van der Waals surface area contributed by atoms with Crippen LogP contribution in [-0.4, -0.2) is 57.8 Å². The summed E-state index contributed by atoms with van der Waals surface area (Å²) in [6, 6.07) is 0.